The quantitative estimate of drug-likeness (QED) is 0.767. The van der Waals surface area contributed by atoms with Crippen LogP contribution in [0.1, 0.15) is 30.9 Å². The first kappa shape index (κ1) is 11.4. The predicted molar refractivity (Wildman–Crippen MR) is 54.5 cm³/mol. The molecule has 16 heavy (non-hydrogen) atoms. The van der Waals surface area contributed by atoms with Crippen molar-refractivity contribution in [1.29, 1.82) is 0 Å². The number of hydrogen-bond donors (Lipinski definition) is 2. The lowest BCUT2D eigenvalue weighted by Crippen LogP contribution is -2.34. The molecule has 1 aromatic rings. The molecule has 0 aliphatic carbocycles. The van der Waals surface area contributed by atoms with E-state index in [9.17, 15) is 13.2 Å². The monoisotopic (exact) mass is 230 g/mol. The van der Waals surface area contributed by atoms with E-state index in [1.807, 2.05) is 13.8 Å². The van der Waals surface area contributed by atoms with Gasteiger partial charge in [-0.2, -0.15) is 13.2 Å². The zero-order valence-electron chi connectivity index (χ0n) is 9.02. The molecule has 1 fully saturated rings. The number of hydrogen-bond acceptors (Lipinski definition) is 2. The van der Waals surface area contributed by atoms with Crippen LogP contribution in [0.2, 0.25) is 0 Å². The summed E-state index contributed by atoms with van der Waals surface area (Å²) in [4.78, 5) is 0. The SMILES string of the molecule is CC(C)c1ccc(C2(C(F)(F)F)NN2)cc1. The molecule has 1 saturated heterocycles. The third-order valence-corrected chi connectivity index (χ3v) is 2.81. The molecule has 5 heteroatoms. The van der Waals surface area contributed by atoms with Gasteiger partial charge in [-0.15, -0.1) is 0 Å². The summed E-state index contributed by atoms with van der Waals surface area (Å²) in [5, 5.41) is 0. The molecule has 1 aliphatic heterocycles. The zero-order chi connectivity index (χ0) is 12.0. The lowest BCUT2D eigenvalue weighted by Gasteiger charge is -2.16. The van der Waals surface area contributed by atoms with Crippen molar-refractivity contribution in [3.63, 3.8) is 0 Å². The van der Waals surface area contributed by atoms with Crippen molar-refractivity contribution in [2.24, 2.45) is 0 Å². The molecular formula is C11H13F3N2. The Kier molecular flexibility index (Phi) is 2.47. The third kappa shape index (κ3) is 1.70. The molecule has 0 spiro atoms. The van der Waals surface area contributed by atoms with E-state index in [-0.39, 0.29) is 5.56 Å². The van der Waals surface area contributed by atoms with E-state index in [4.69, 9.17) is 0 Å². The van der Waals surface area contributed by atoms with Crippen LogP contribution in [0.4, 0.5) is 13.2 Å². The minimum absolute atomic E-state index is 0.199. The van der Waals surface area contributed by atoms with Crippen molar-refractivity contribution < 1.29 is 13.2 Å². The Morgan fingerprint density at radius 1 is 1.06 bits per heavy atom. The molecule has 2 nitrogen and oxygen atoms in total. The summed E-state index contributed by atoms with van der Waals surface area (Å²) in [6, 6.07) is 6.48. The molecule has 0 amide bonds. The summed E-state index contributed by atoms with van der Waals surface area (Å²) in [6.07, 6.45) is -4.33. The van der Waals surface area contributed by atoms with Crippen molar-refractivity contribution in [1.82, 2.24) is 10.9 Å². The predicted octanol–water partition coefficient (Wildman–Crippen LogP) is 2.63. The minimum Gasteiger partial charge on any atom is -0.223 e. The molecule has 0 radical (unpaired) electrons. The Morgan fingerprint density at radius 2 is 1.56 bits per heavy atom. The Bertz CT molecular complexity index is 377. The topological polar surface area (TPSA) is 43.9 Å². The lowest BCUT2D eigenvalue weighted by molar-refractivity contribution is -0.165. The van der Waals surface area contributed by atoms with Gasteiger partial charge in [0.25, 0.3) is 0 Å². The van der Waals surface area contributed by atoms with Crippen molar-refractivity contribution in [2.75, 3.05) is 0 Å². The summed E-state index contributed by atoms with van der Waals surface area (Å²) in [5.41, 5.74) is 3.54. The second-order valence-corrected chi connectivity index (χ2v) is 4.27. The fourth-order valence-corrected chi connectivity index (χ4v) is 1.63. The first-order chi connectivity index (χ1) is 7.37. The molecule has 88 valence electrons. The summed E-state index contributed by atoms with van der Waals surface area (Å²) in [7, 11) is 0. The highest BCUT2D eigenvalue weighted by molar-refractivity contribution is 5.33. The summed E-state index contributed by atoms with van der Waals surface area (Å²) in [5.74, 6) is 0.316. The van der Waals surface area contributed by atoms with Gasteiger partial charge in [-0.1, -0.05) is 38.1 Å². The Morgan fingerprint density at radius 3 is 1.88 bits per heavy atom. The fourth-order valence-electron chi connectivity index (χ4n) is 1.63. The van der Waals surface area contributed by atoms with Crippen LogP contribution in [0.15, 0.2) is 24.3 Å². The van der Waals surface area contributed by atoms with Crippen LogP contribution in [0.3, 0.4) is 0 Å². The number of rotatable bonds is 2. The summed E-state index contributed by atoms with van der Waals surface area (Å²) >= 11 is 0. The minimum atomic E-state index is -4.33. The Balaban J connectivity index is 2.29. The maximum Gasteiger partial charge on any atom is 0.426 e. The number of nitrogens with one attached hydrogen (secondary N) is 2. The fraction of sp³-hybridized carbons (Fsp3) is 0.455. The van der Waals surface area contributed by atoms with Gasteiger partial charge in [0.15, 0.2) is 0 Å². The second kappa shape index (κ2) is 3.46. The van der Waals surface area contributed by atoms with E-state index in [0.29, 0.717) is 5.92 Å². The van der Waals surface area contributed by atoms with Crippen LogP contribution in [0.5, 0.6) is 0 Å². The normalized spacial score (nSPS) is 18.9. The first-order valence-corrected chi connectivity index (χ1v) is 5.08. The number of halogens is 3. The maximum absolute atomic E-state index is 12.7. The van der Waals surface area contributed by atoms with E-state index in [2.05, 4.69) is 10.9 Å². The van der Waals surface area contributed by atoms with Gasteiger partial charge < -0.3 is 0 Å². The van der Waals surface area contributed by atoms with Gasteiger partial charge in [-0.05, 0) is 17.0 Å². The Labute approximate surface area is 91.8 Å². The number of benzene rings is 1. The molecule has 0 unspecified atom stereocenters. The highest BCUT2D eigenvalue weighted by atomic mass is 19.4. The van der Waals surface area contributed by atoms with Gasteiger partial charge in [0, 0.05) is 0 Å². The maximum atomic E-state index is 12.7. The number of hydrazine groups is 1. The molecular weight excluding hydrogens is 217 g/mol. The molecule has 0 atom stereocenters. The zero-order valence-corrected chi connectivity index (χ0v) is 9.02. The number of alkyl halides is 3. The van der Waals surface area contributed by atoms with Crippen molar-refractivity contribution in [3.05, 3.63) is 35.4 Å². The first-order valence-electron chi connectivity index (χ1n) is 5.08. The molecule has 0 bridgehead atoms. The molecule has 1 heterocycles. The van der Waals surface area contributed by atoms with Crippen molar-refractivity contribution in [3.8, 4) is 0 Å². The van der Waals surface area contributed by atoms with Crippen LogP contribution in [0, 0.1) is 0 Å². The van der Waals surface area contributed by atoms with E-state index in [1.54, 1.807) is 12.1 Å². The van der Waals surface area contributed by atoms with Gasteiger partial charge in [-0.25, -0.2) is 10.9 Å². The van der Waals surface area contributed by atoms with Gasteiger partial charge in [-0.3, -0.25) is 0 Å². The van der Waals surface area contributed by atoms with Gasteiger partial charge in [0.1, 0.15) is 0 Å². The van der Waals surface area contributed by atoms with Gasteiger partial charge in [0.2, 0.25) is 5.66 Å². The molecule has 1 aliphatic rings. The lowest BCUT2D eigenvalue weighted by atomic mass is 9.97. The second-order valence-electron chi connectivity index (χ2n) is 4.27. The molecule has 0 saturated carbocycles. The molecule has 0 aromatic heterocycles. The summed E-state index contributed by atoms with van der Waals surface area (Å²) < 4.78 is 38.1. The highest BCUT2D eigenvalue weighted by Crippen LogP contribution is 2.42. The van der Waals surface area contributed by atoms with Crippen molar-refractivity contribution >= 4 is 0 Å². The summed E-state index contributed by atoms with van der Waals surface area (Å²) in [6.45, 7) is 4.00. The third-order valence-electron chi connectivity index (χ3n) is 2.81. The smallest absolute Gasteiger partial charge is 0.223 e. The molecule has 2 N–H and O–H groups in total. The van der Waals surface area contributed by atoms with E-state index >= 15 is 0 Å². The standard InChI is InChI=1S/C11H13F3N2/c1-7(2)8-3-5-9(6-4-8)10(15-16-10)11(12,13)14/h3-7,15-16H,1-2H3. The van der Waals surface area contributed by atoms with Crippen LogP contribution in [-0.2, 0) is 5.66 Å². The van der Waals surface area contributed by atoms with Crippen LogP contribution < -0.4 is 10.9 Å². The highest BCUT2D eigenvalue weighted by Gasteiger charge is 2.65. The van der Waals surface area contributed by atoms with Gasteiger partial charge in [0.05, 0.1) is 0 Å². The molecule has 2 rings (SSSR count). The van der Waals surface area contributed by atoms with Crippen LogP contribution in [-0.4, -0.2) is 6.18 Å². The Hall–Kier alpha value is -1.07. The largest absolute Gasteiger partial charge is 0.426 e. The van der Waals surface area contributed by atoms with E-state index < -0.39 is 11.8 Å². The van der Waals surface area contributed by atoms with Crippen LogP contribution in [0.25, 0.3) is 0 Å². The van der Waals surface area contributed by atoms with Gasteiger partial charge >= 0.3 is 6.18 Å². The van der Waals surface area contributed by atoms with E-state index in [0.717, 1.165) is 5.56 Å². The average Bonchev–Trinajstić information content (AvgIpc) is 2.97. The average molecular weight is 230 g/mol. The molecule has 1 aromatic carbocycles. The van der Waals surface area contributed by atoms with E-state index in [1.165, 1.54) is 12.1 Å². The van der Waals surface area contributed by atoms with Crippen LogP contribution >= 0.6 is 0 Å². The van der Waals surface area contributed by atoms with Crippen molar-refractivity contribution in [2.45, 2.75) is 31.6 Å².